The Bertz CT molecular complexity index is 1690. The summed E-state index contributed by atoms with van der Waals surface area (Å²) in [6.07, 6.45) is 6.12. The molecule has 0 aliphatic carbocycles. The van der Waals surface area contributed by atoms with Gasteiger partial charge in [-0.1, -0.05) is 5.16 Å². The molecule has 6 rings (SSSR count). The number of hydrogen-bond donors (Lipinski definition) is 2. The lowest BCUT2D eigenvalue weighted by Crippen LogP contribution is -2.39. The predicted molar refractivity (Wildman–Crippen MR) is 137 cm³/mol. The summed E-state index contributed by atoms with van der Waals surface area (Å²) in [6.45, 7) is 3.63. The molecule has 0 fully saturated rings. The molecule has 37 heavy (non-hydrogen) atoms. The van der Waals surface area contributed by atoms with Gasteiger partial charge in [0.05, 0.1) is 43.7 Å². The SMILES string of the molecule is COc1cc(C)c2[nH]ccc2c1Cn1cc2ccc(C#N)c(NCC(=O)N3CCc4nocc4C3)c2n1. The van der Waals surface area contributed by atoms with E-state index in [1.165, 1.54) is 0 Å². The molecule has 2 aromatic carbocycles. The number of methoxy groups -OCH3 is 1. The first-order valence-corrected chi connectivity index (χ1v) is 12.0. The molecule has 1 aliphatic heterocycles. The van der Waals surface area contributed by atoms with Gasteiger partial charge in [-0.3, -0.25) is 9.48 Å². The quantitative estimate of drug-likeness (QED) is 0.368. The van der Waals surface area contributed by atoms with Crippen LogP contribution < -0.4 is 10.1 Å². The molecule has 0 saturated heterocycles. The number of H-pyrrole nitrogens is 1. The first-order valence-electron chi connectivity index (χ1n) is 12.0. The van der Waals surface area contributed by atoms with Gasteiger partial charge in [0.1, 0.15) is 23.6 Å². The predicted octanol–water partition coefficient (Wildman–Crippen LogP) is 3.74. The molecule has 1 amide bonds. The number of nitriles is 1. The lowest BCUT2D eigenvalue weighted by atomic mass is 10.0. The number of aryl methyl sites for hydroxylation is 1. The Morgan fingerprint density at radius 2 is 2.24 bits per heavy atom. The molecule has 10 heteroatoms. The zero-order valence-corrected chi connectivity index (χ0v) is 20.5. The highest BCUT2D eigenvalue weighted by atomic mass is 16.5. The van der Waals surface area contributed by atoms with E-state index in [2.05, 4.69) is 21.5 Å². The maximum absolute atomic E-state index is 13.0. The fourth-order valence-electron chi connectivity index (χ4n) is 5.06. The number of fused-ring (bicyclic) bond motifs is 3. The Morgan fingerprint density at radius 1 is 1.35 bits per heavy atom. The minimum Gasteiger partial charge on any atom is -0.496 e. The van der Waals surface area contributed by atoms with Crippen molar-refractivity contribution in [1.82, 2.24) is 24.8 Å². The molecule has 1 aliphatic rings. The largest absolute Gasteiger partial charge is 0.496 e. The van der Waals surface area contributed by atoms with E-state index in [1.807, 2.05) is 42.2 Å². The molecule has 10 nitrogen and oxygen atoms in total. The molecule has 0 radical (unpaired) electrons. The first kappa shape index (κ1) is 22.7. The van der Waals surface area contributed by atoms with Gasteiger partial charge in [0, 0.05) is 52.8 Å². The standard InChI is InChI=1S/C27H25N7O3/c1-16-9-23(36-2)21(20-5-7-29-25(16)20)14-34-13-18-4-3-17(10-28)26(27(18)31-34)30-11-24(35)33-8-6-22-19(12-33)15-37-32-22/h3-5,7,9,13,15,29-30H,6,8,11-12,14H2,1-2H3. The van der Waals surface area contributed by atoms with Gasteiger partial charge in [-0.25, -0.2) is 0 Å². The number of nitrogens with zero attached hydrogens (tertiary/aromatic N) is 5. The number of amides is 1. The zero-order chi connectivity index (χ0) is 25.5. The third kappa shape index (κ3) is 3.94. The van der Waals surface area contributed by atoms with Crippen LogP contribution in [-0.4, -0.2) is 50.9 Å². The maximum Gasteiger partial charge on any atom is 0.242 e. The number of rotatable bonds is 6. The summed E-state index contributed by atoms with van der Waals surface area (Å²) in [6, 6.07) is 9.91. The first-order chi connectivity index (χ1) is 18.1. The molecule has 0 unspecified atom stereocenters. The van der Waals surface area contributed by atoms with Crippen molar-refractivity contribution in [1.29, 1.82) is 5.26 Å². The molecule has 4 heterocycles. The molecule has 0 bridgehead atoms. The van der Waals surface area contributed by atoms with E-state index in [4.69, 9.17) is 14.4 Å². The van der Waals surface area contributed by atoms with E-state index < -0.39 is 0 Å². The van der Waals surface area contributed by atoms with Crippen LogP contribution in [0, 0.1) is 18.3 Å². The lowest BCUT2D eigenvalue weighted by molar-refractivity contribution is -0.130. The van der Waals surface area contributed by atoms with Crippen LogP contribution in [0.25, 0.3) is 21.8 Å². The van der Waals surface area contributed by atoms with Gasteiger partial charge in [-0.2, -0.15) is 10.4 Å². The summed E-state index contributed by atoms with van der Waals surface area (Å²) in [7, 11) is 1.67. The molecule has 0 atom stereocenters. The Morgan fingerprint density at radius 3 is 3.08 bits per heavy atom. The average Bonchev–Trinajstić information content (AvgIpc) is 3.67. The van der Waals surface area contributed by atoms with Crippen molar-refractivity contribution in [3.8, 4) is 11.8 Å². The van der Waals surface area contributed by atoms with Crippen molar-refractivity contribution in [3.63, 3.8) is 0 Å². The van der Waals surface area contributed by atoms with Crippen molar-refractivity contribution in [3.05, 3.63) is 70.9 Å². The second kappa shape index (κ2) is 9.02. The van der Waals surface area contributed by atoms with E-state index >= 15 is 0 Å². The topological polar surface area (TPSA) is 125 Å². The summed E-state index contributed by atoms with van der Waals surface area (Å²) < 4.78 is 12.6. The van der Waals surface area contributed by atoms with E-state index in [0.29, 0.717) is 42.8 Å². The highest BCUT2D eigenvalue weighted by molar-refractivity contribution is 5.95. The number of aromatic nitrogens is 4. The minimum atomic E-state index is -0.0635. The molecular formula is C27H25N7O3. The zero-order valence-electron chi connectivity index (χ0n) is 20.5. The van der Waals surface area contributed by atoms with E-state index in [0.717, 1.165) is 44.4 Å². The fraction of sp³-hybridized carbons (Fsp3) is 0.259. The van der Waals surface area contributed by atoms with Crippen LogP contribution in [0.15, 0.2) is 47.4 Å². The van der Waals surface area contributed by atoms with Crippen LogP contribution in [0.3, 0.4) is 0 Å². The van der Waals surface area contributed by atoms with E-state index in [-0.39, 0.29) is 12.5 Å². The number of aromatic amines is 1. The van der Waals surface area contributed by atoms with Gasteiger partial charge in [-0.15, -0.1) is 0 Å². The number of carbonyl (C=O) groups is 1. The number of benzene rings is 2. The number of hydrogen-bond acceptors (Lipinski definition) is 7. The Balaban J connectivity index is 1.28. The smallest absolute Gasteiger partial charge is 0.242 e. The highest BCUT2D eigenvalue weighted by Crippen LogP contribution is 2.32. The van der Waals surface area contributed by atoms with Crippen LogP contribution in [0.1, 0.15) is 27.9 Å². The molecule has 2 N–H and O–H groups in total. The molecule has 5 aromatic rings. The fourth-order valence-corrected chi connectivity index (χ4v) is 5.06. The Labute approximate surface area is 212 Å². The van der Waals surface area contributed by atoms with Crippen LogP contribution in [0.4, 0.5) is 5.69 Å². The van der Waals surface area contributed by atoms with Crippen molar-refractivity contribution in [2.75, 3.05) is 25.5 Å². The number of ether oxygens (including phenoxy) is 1. The average molecular weight is 496 g/mol. The normalized spacial score (nSPS) is 13.1. The van der Waals surface area contributed by atoms with Crippen LogP contribution in [0.2, 0.25) is 0 Å². The number of carbonyl (C=O) groups excluding carboxylic acids is 1. The molecular weight excluding hydrogens is 470 g/mol. The summed E-state index contributed by atoms with van der Waals surface area (Å²) in [5, 5.41) is 23.7. The summed E-state index contributed by atoms with van der Waals surface area (Å²) in [4.78, 5) is 18.0. The van der Waals surface area contributed by atoms with Crippen LogP contribution in [-0.2, 0) is 24.3 Å². The van der Waals surface area contributed by atoms with E-state index in [1.54, 1.807) is 24.3 Å². The van der Waals surface area contributed by atoms with E-state index in [9.17, 15) is 10.1 Å². The Kier molecular flexibility index (Phi) is 5.53. The second-order valence-corrected chi connectivity index (χ2v) is 9.21. The highest BCUT2D eigenvalue weighted by Gasteiger charge is 2.24. The third-order valence-corrected chi connectivity index (χ3v) is 6.98. The van der Waals surface area contributed by atoms with Gasteiger partial charge < -0.3 is 24.5 Å². The van der Waals surface area contributed by atoms with Gasteiger partial charge in [0.15, 0.2) is 0 Å². The Hall–Kier alpha value is -4.78. The summed E-state index contributed by atoms with van der Waals surface area (Å²) >= 11 is 0. The number of nitrogens with one attached hydrogen (secondary N) is 2. The monoisotopic (exact) mass is 495 g/mol. The third-order valence-electron chi connectivity index (χ3n) is 6.98. The lowest BCUT2D eigenvalue weighted by Gasteiger charge is -2.26. The van der Waals surface area contributed by atoms with Crippen molar-refractivity contribution >= 4 is 33.4 Å². The second-order valence-electron chi connectivity index (χ2n) is 9.21. The van der Waals surface area contributed by atoms with Crippen molar-refractivity contribution in [2.24, 2.45) is 0 Å². The maximum atomic E-state index is 13.0. The van der Waals surface area contributed by atoms with Crippen molar-refractivity contribution in [2.45, 2.75) is 26.4 Å². The van der Waals surface area contributed by atoms with Gasteiger partial charge in [0.2, 0.25) is 5.91 Å². The molecule has 0 spiro atoms. The van der Waals surface area contributed by atoms with Gasteiger partial charge in [-0.05, 0) is 36.8 Å². The minimum absolute atomic E-state index is 0.0526. The molecule has 0 saturated carbocycles. The summed E-state index contributed by atoms with van der Waals surface area (Å²) in [5.74, 6) is 0.731. The number of anilines is 1. The molecule has 186 valence electrons. The van der Waals surface area contributed by atoms with Gasteiger partial charge in [0.25, 0.3) is 0 Å². The molecule has 3 aromatic heterocycles. The van der Waals surface area contributed by atoms with Crippen LogP contribution >= 0.6 is 0 Å². The van der Waals surface area contributed by atoms with Gasteiger partial charge >= 0.3 is 0 Å². The van der Waals surface area contributed by atoms with Crippen molar-refractivity contribution < 1.29 is 14.1 Å². The van der Waals surface area contributed by atoms with Crippen LogP contribution in [0.5, 0.6) is 5.75 Å². The summed E-state index contributed by atoms with van der Waals surface area (Å²) in [5.41, 5.74) is 6.65.